The Morgan fingerprint density at radius 2 is 1.76 bits per heavy atom. The second-order valence-corrected chi connectivity index (χ2v) is 5.83. The van der Waals surface area contributed by atoms with Gasteiger partial charge < -0.3 is 4.74 Å². The number of hydrogen-bond acceptors (Lipinski definition) is 3. The van der Waals surface area contributed by atoms with Crippen LogP contribution in [0.1, 0.15) is 31.7 Å². The molecule has 1 unspecified atom stereocenters. The fourth-order valence-corrected chi connectivity index (χ4v) is 3.01. The number of benzene rings is 1. The first-order chi connectivity index (χ1) is 10.2. The van der Waals surface area contributed by atoms with Crippen molar-refractivity contribution in [2.45, 2.75) is 25.9 Å². The topological polar surface area (TPSA) is 35.0 Å². The first kappa shape index (κ1) is 14.8. The Bertz CT molecular complexity index is 606. The van der Waals surface area contributed by atoms with Crippen LogP contribution in [-0.4, -0.2) is 16.6 Å². The molecule has 1 saturated carbocycles. The molecule has 3 rings (SSSR count). The molecule has 1 aromatic carbocycles. The number of rotatable bonds is 5. The standard InChI is InChI=1S/C16H16Cl2N2O/c1-2-21-13(11-8-9-11)16-19-14(17)12(15(18)20-16)10-6-4-3-5-7-10/h3-7,11,13H,2,8-9H2,1H3. The molecule has 0 saturated heterocycles. The molecule has 1 aliphatic rings. The molecule has 1 aromatic heterocycles. The summed E-state index contributed by atoms with van der Waals surface area (Å²) in [5.74, 6) is 1.08. The normalized spacial score (nSPS) is 16.0. The predicted octanol–water partition coefficient (Wildman–Crippen LogP) is 4.94. The molecule has 0 radical (unpaired) electrons. The minimum Gasteiger partial charge on any atom is -0.370 e. The summed E-state index contributed by atoms with van der Waals surface area (Å²) in [6.07, 6.45) is 2.18. The second kappa shape index (κ2) is 6.30. The van der Waals surface area contributed by atoms with Gasteiger partial charge in [-0.1, -0.05) is 53.5 Å². The van der Waals surface area contributed by atoms with E-state index in [9.17, 15) is 0 Å². The molecule has 0 N–H and O–H groups in total. The van der Waals surface area contributed by atoms with E-state index in [4.69, 9.17) is 27.9 Å². The highest BCUT2D eigenvalue weighted by Gasteiger charge is 2.35. The average molecular weight is 323 g/mol. The van der Waals surface area contributed by atoms with Crippen molar-refractivity contribution in [1.82, 2.24) is 9.97 Å². The zero-order valence-corrected chi connectivity index (χ0v) is 13.2. The maximum atomic E-state index is 6.35. The number of halogens is 2. The molecular weight excluding hydrogens is 307 g/mol. The number of aromatic nitrogens is 2. The van der Waals surface area contributed by atoms with E-state index >= 15 is 0 Å². The monoisotopic (exact) mass is 322 g/mol. The third-order valence-corrected chi connectivity index (χ3v) is 4.10. The minimum absolute atomic E-state index is 0.102. The largest absolute Gasteiger partial charge is 0.370 e. The molecule has 0 bridgehead atoms. The highest BCUT2D eigenvalue weighted by molar-refractivity contribution is 6.37. The van der Waals surface area contributed by atoms with E-state index in [1.807, 2.05) is 37.3 Å². The van der Waals surface area contributed by atoms with E-state index in [1.54, 1.807) is 0 Å². The number of nitrogens with zero attached hydrogens (tertiary/aromatic N) is 2. The van der Waals surface area contributed by atoms with Gasteiger partial charge in [0.15, 0.2) is 5.82 Å². The Hall–Kier alpha value is -1.16. The number of ether oxygens (including phenoxy) is 1. The average Bonchev–Trinajstić information content (AvgIpc) is 3.29. The summed E-state index contributed by atoms with van der Waals surface area (Å²) in [6.45, 7) is 2.59. The molecule has 0 spiro atoms. The van der Waals surface area contributed by atoms with Crippen molar-refractivity contribution in [2.24, 2.45) is 5.92 Å². The molecule has 1 atom stereocenters. The van der Waals surface area contributed by atoms with Gasteiger partial charge in [-0.15, -0.1) is 0 Å². The van der Waals surface area contributed by atoms with Gasteiger partial charge in [0.1, 0.15) is 16.4 Å². The van der Waals surface area contributed by atoms with Gasteiger partial charge in [-0.25, -0.2) is 9.97 Å². The lowest BCUT2D eigenvalue weighted by molar-refractivity contribution is 0.0401. The summed E-state index contributed by atoms with van der Waals surface area (Å²) in [5, 5.41) is 0.753. The molecule has 1 heterocycles. The van der Waals surface area contributed by atoms with Crippen LogP contribution in [0.3, 0.4) is 0 Å². The van der Waals surface area contributed by atoms with Crippen LogP contribution in [-0.2, 0) is 4.74 Å². The van der Waals surface area contributed by atoms with Crippen LogP contribution in [0.2, 0.25) is 10.3 Å². The Kier molecular flexibility index (Phi) is 4.43. The van der Waals surface area contributed by atoms with Crippen molar-refractivity contribution in [3.05, 3.63) is 46.5 Å². The van der Waals surface area contributed by atoms with Crippen molar-refractivity contribution in [3.63, 3.8) is 0 Å². The fraction of sp³-hybridized carbons (Fsp3) is 0.375. The molecule has 3 nitrogen and oxygen atoms in total. The molecule has 0 amide bonds. The summed E-state index contributed by atoms with van der Waals surface area (Å²) in [7, 11) is 0. The molecule has 0 aliphatic heterocycles. The fourth-order valence-electron chi connectivity index (χ4n) is 2.39. The summed E-state index contributed by atoms with van der Waals surface area (Å²) in [6, 6.07) is 9.69. The van der Waals surface area contributed by atoms with Crippen LogP contribution in [0.5, 0.6) is 0 Å². The van der Waals surface area contributed by atoms with E-state index < -0.39 is 0 Å². The van der Waals surface area contributed by atoms with Gasteiger partial charge in [0.2, 0.25) is 0 Å². The first-order valence-corrected chi connectivity index (χ1v) is 7.86. The van der Waals surface area contributed by atoms with Crippen molar-refractivity contribution in [1.29, 1.82) is 0 Å². The smallest absolute Gasteiger partial charge is 0.160 e. The lowest BCUT2D eigenvalue weighted by atomic mass is 10.1. The molecule has 110 valence electrons. The molecule has 5 heteroatoms. The van der Waals surface area contributed by atoms with Crippen LogP contribution in [0, 0.1) is 5.92 Å². The van der Waals surface area contributed by atoms with Gasteiger partial charge in [0.25, 0.3) is 0 Å². The van der Waals surface area contributed by atoms with Crippen molar-refractivity contribution < 1.29 is 4.74 Å². The highest BCUT2D eigenvalue weighted by atomic mass is 35.5. The zero-order chi connectivity index (χ0) is 14.8. The number of hydrogen-bond donors (Lipinski definition) is 0. The van der Waals surface area contributed by atoms with E-state index in [2.05, 4.69) is 9.97 Å². The Labute approximate surface area is 134 Å². The van der Waals surface area contributed by atoms with Gasteiger partial charge in [-0.3, -0.25) is 0 Å². The zero-order valence-electron chi connectivity index (χ0n) is 11.7. The van der Waals surface area contributed by atoms with E-state index in [-0.39, 0.29) is 6.10 Å². The molecular formula is C16H16Cl2N2O. The van der Waals surface area contributed by atoms with Crippen molar-refractivity contribution in [2.75, 3.05) is 6.61 Å². The van der Waals surface area contributed by atoms with Gasteiger partial charge in [0, 0.05) is 6.61 Å². The van der Waals surface area contributed by atoms with Crippen LogP contribution in [0.15, 0.2) is 30.3 Å². The Morgan fingerprint density at radius 3 is 2.29 bits per heavy atom. The minimum atomic E-state index is -0.102. The van der Waals surface area contributed by atoms with E-state index in [1.165, 1.54) is 0 Å². The Morgan fingerprint density at radius 1 is 1.14 bits per heavy atom. The van der Waals surface area contributed by atoms with Crippen molar-refractivity contribution in [3.8, 4) is 11.1 Å². The Balaban J connectivity index is 1.99. The van der Waals surface area contributed by atoms with Gasteiger partial charge >= 0.3 is 0 Å². The first-order valence-electron chi connectivity index (χ1n) is 7.10. The predicted molar refractivity (Wildman–Crippen MR) is 84.6 cm³/mol. The summed E-state index contributed by atoms with van der Waals surface area (Å²) < 4.78 is 5.77. The second-order valence-electron chi connectivity index (χ2n) is 5.12. The van der Waals surface area contributed by atoms with Crippen molar-refractivity contribution >= 4 is 23.2 Å². The van der Waals surface area contributed by atoms with E-state index in [0.717, 1.165) is 18.4 Å². The SMILES string of the molecule is CCOC(c1nc(Cl)c(-c2ccccc2)c(Cl)n1)C1CC1. The lowest BCUT2D eigenvalue weighted by Crippen LogP contribution is -2.11. The molecule has 2 aromatic rings. The van der Waals surface area contributed by atoms with E-state index in [0.29, 0.717) is 34.2 Å². The lowest BCUT2D eigenvalue weighted by Gasteiger charge is -2.16. The molecule has 1 fully saturated rings. The molecule has 21 heavy (non-hydrogen) atoms. The maximum Gasteiger partial charge on any atom is 0.160 e. The third-order valence-electron chi connectivity index (χ3n) is 3.55. The van der Waals surface area contributed by atoms with Crippen LogP contribution in [0.4, 0.5) is 0 Å². The quantitative estimate of drug-likeness (QED) is 0.731. The maximum absolute atomic E-state index is 6.35. The summed E-state index contributed by atoms with van der Waals surface area (Å²) in [4.78, 5) is 8.87. The summed E-state index contributed by atoms with van der Waals surface area (Å²) in [5.41, 5.74) is 1.59. The third kappa shape index (κ3) is 3.20. The van der Waals surface area contributed by atoms with Crippen LogP contribution in [0.25, 0.3) is 11.1 Å². The van der Waals surface area contributed by atoms with Gasteiger partial charge in [0.05, 0.1) is 5.56 Å². The van der Waals surface area contributed by atoms with Gasteiger partial charge in [-0.2, -0.15) is 0 Å². The summed E-state index contributed by atoms with van der Waals surface area (Å²) >= 11 is 12.7. The van der Waals surface area contributed by atoms with Crippen LogP contribution < -0.4 is 0 Å². The van der Waals surface area contributed by atoms with Gasteiger partial charge in [-0.05, 0) is 31.2 Å². The van der Waals surface area contributed by atoms with Crippen LogP contribution >= 0.6 is 23.2 Å². The highest BCUT2D eigenvalue weighted by Crippen LogP contribution is 2.43. The molecule has 1 aliphatic carbocycles.